The van der Waals surface area contributed by atoms with Gasteiger partial charge in [-0.15, -0.1) is 23.7 Å². The zero-order chi connectivity index (χ0) is 19.0. The minimum absolute atomic E-state index is 0. The van der Waals surface area contributed by atoms with Crippen molar-refractivity contribution < 1.29 is 19.7 Å². The van der Waals surface area contributed by atoms with Crippen LogP contribution in [0.25, 0.3) is 20.8 Å². The molecule has 1 aromatic heterocycles. The Morgan fingerprint density at radius 1 is 1.36 bits per heavy atom. The monoisotopic (exact) mass is 421 g/mol. The van der Waals surface area contributed by atoms with Crippen LogP contribution in [-0.2, 0) is 11.3 Å². The summed E-state index contributed by atoms with van der Waals surface area (Å²) in [6.45, 7) is 0.399. The van der Waals surface area contributed by atoms with E-state index in [0.29, 0.717) is 17.9 Å². The van der Waals surface area contributed by atoms with E-state index < -0.39 is 12.6 Å². The van der Waals surface area contributed by atoms with Gasteiger partial charge in [0.25, 0.3) is 0 Å². The highest BCUT2D eigenvalue weighted by Crippen LogP contribution is 2.39. The van der Waals surface area contributed by atoms with Gasteiger partial charge in [0.15, 0.2) is 11.5 Å². The molecule has 0 bridgehead atoms. The fourth-order valence-corrected chi connectivity index (χ4v) is 4.07. The molecule has 0 unspecified atom stereocenters. The van der Waals surface area contributed by atoms with Crippen LogP contribution in [0.5, 0.6) is 11.5 Å². The summed E-state index contributed by atoms with van der Waals surface area (Å²) in [5.41, 5.74) is 8.01. The number of hydrogen-bond donors (Lipinski definition) is 3. The molecule has 0 saturated heterocycles. The molecule has 2 heterocycles. The Bertz CT molecular complexity index is 977. The van der Waals surface area contributed by atoms with Crippen molar-refractivity contribution in [2.45, 2.75) is 12.6 Å². The van der Waals surface area contributed by atoms with Gasteiger partial charge in [0.2, 0.25) is 5.91 Å². The van der Waals surface area contributed by atoms with Crippen LogP contribution < -0.4 is 10.5 Å². The third kappa shape index (κ3) is 3.77. The minimum atomic E-state index is -0.965. The van der Waals surface area contributed by atoms with Gasteiger partial charge in [0, 0.05) is 17.7 Å². The first-order valence-corrected chi connectivity index (χ1v) is 9.38. The number of halogens is 1. The number of thiazole rings is 1. The maximum atomic E-state index is 12.4. The molecule has 0 fully saturated rings. The largest absolute Gasteiger partial charge is 0.504 e. The van der Waals surface area contributed by atoms with Gasteiger partial charge in [0.1, 0.15) is 17.7 Å². The standard InChI is InChI=1S/C19H19N3O4S.ClH/c20-13(10-23)19(25)22-5-6-26-17-12(9-22)7-11(8-15(17)24)18-21-14-3-1-2-4-16(14)27-18;/h1-4,7-8,13,23-24H,5-6,9-10,20H2;1H/t13-;/m0./s1. The Kier molecular flexibility index (Phi) is 6.04. The van der Waals surface area contributed by atoms with Crippen LogP contribution in [0.1, 0.15) is 5.56 Å². The van der Waals surface area contributed by atoms with Crippen LogP contribution in [0.4, 0.5) is 0 Å². The first kappa shape index (κ1) is 20.3. The molecule has 1 aliphatic rings. The molecule has 148 valence electrons. The molecule has 1 amide bonds. The second-order valence-corrected chi connectivity index (χ2v) is 7.40. The highest BCUT2D eigenvalue weighted by Gasteiger charge is 2.26. The van der Waals surface area contributed by atoms with Gasteiger partial charge in [-0.1, -0.05) is 12.1 Å². The second kappa shape index (κ2) is 8.32. The molecular formula is C19H20ClN3O4S. The van der Waals surface area contributed by atoms with Crippen molar-refractivity contribution in [3.05, 3.63) is 42.0 Å². The predicted octanol–water partition coefficient (Wildman–Crippen LogP) is 2.13. The maximum absolute atomic E-state index is 12.4. The van der Waals surface area contributed by atoms with E-state index in [-0.39, 0.29) is 37.2 Å². The Morgan fingerprint density at radius 3 is 2.89 bits per heavy atom. The number of hydrogen-bond acceptors (Lipinski definition) is 7. The molecule has 0 spiro atoms. The molecule has 4 rings (SSSR count). The van der Waals surface area contributed by atoms with E-state index in [9.17, 15) is 9.90 Å². The number of aliphatic hydroxyl groups is 1. The van der Waals surface area contributed by atoms with Gasteiger partial charge in [0.05, 0.1) is 23.4 Å². The molecular weight excluding hydrogens is 402 g/mol. The number of amides is 1. The Hall–Kier alpha value is -2.39. The number of rotatable bonds is 3. The van der Waals surface area contributed by atoms with E-state index in [1.807, 2.05) is 30.3 Å². The lowest BCUT2D eigenvalue weighted by molar-refractivity contribution is -0.134. The molecule has 0 radical (unpaired) electrons. The highest BCUT2D eigenvalue weighted by atomic mass is 35.5. The van der Waals surface area contributed by atoms with Gasteiger partial charge in [-0.3, -0.25) is 4.79 Å². The number of carbonyl (C=O) groups is 1. The van der Waals surface area contributed by atoms with Crippen molar-refractivity contribution in [1.29, 1.82) is 0 Å². The van der Waals surface area contributed by atoms with Crippen molar-refractivity contribution >= 4 is 39.9 Å². The van der Waals surface area contributed by atoms with Crippen LogP contribution in [-0.4, -0.2) is 51.8 Å². The summed E-state index contributed by atoms with van der Waals surface area (Å²) in [5.74, 6) is 0.0362. The lowest BCUT2D eigenvalue weighted by Gasteiger charge is -2.22. The van der Waals surface area contributed by atoms with Crippen LogP contribution in [0, 0.1) is 0 Å². The third-order valence-electron chi connectivity index (χ3n) is 4.48. The number of para-hydroxylation sites is 1. The zero-order valence-electron chi connectivity index (χ0n) is 14.9. The number of aromatic hydroxyl groups is 1. The topological polar surface area (TPSA) is 109 Å². The van der Waals surface area contributed by atoms with Crippen LogP contribution in [0.15, 0.2) is 36.4 Å². The number of benzene rings is 2. The van der Waals surface area contributed by atoms with E-state index in [2.05, 4.69) is 4.98 Å². The van der Waals surface area contributed by atoms with Crippen LogP contribution in [0.2, 0.25) is 0 Å². The number of phenols is 1. The summed E-state index contributed by atoms with van der Waals surface area (Å²) in [7, 11) is 0. The second-order valence-electron chi connectivity index (χ2n) is 6.37. The SMILES string of the molecule is Cl.N[C@@H](CO)C(=O)N1CCOc2c(O)cc(-c3nc4ccccc4s3)cc2C1. The molecule has 2 aromatic carbocycles. The van der Waals surface area contributed by atoms with Crippen molar-refractivity contribution in [1.82, 2.24) is 9.88 Å². The minimum Gasteiger partial charge on any atom is -0.504 e. The average molecular weight is 422 g/mol. The van der Waals surface area contributed by atoms with Gasteiger partial charge in [-0.05, 0) is 24.3 Å². The van der Waals surface area contributed by atoms with Gasteiger partial charge < -0.3 is 25.6 Å². The molecule has 9 heteroatoms. The highest BCUT2D eigenvalue weighted by molar-refractivity contribution is 7.21. The molecule has 0 saturated carbocycles. The fourth-order valence-electron chi connectivity index (χ4n) is 3.12. The summed E-state index contributed by atoms with van der Waals surface area (Å²) >= 11 is 1.53. The van der Waals surface area contributed by atoms with Gasteiger partial charge >= 0.3 is 0 Å². The van der Waals surface area contributed by atoms with Crippen molar-refractivity contribution in [2.24, 2.45) is 5.73 Å². The Balaban J connectivity index is 0.00000225. The number of nitrogens with zero attached hydrogens (tertiary/aromatic N) is 2. The number of ether oxygens (including phenoxy) is 1. The molecule has 28 heavy (non-hydrogen) atoms. The smallest absolute Gasteiger partial charge is 0.242 e. The van der Waals surface area contributed by atoms with Gasteiger partial charge in [-0.25, -0.2) is 4.98 Å². The van der Waals surface area contributed by atoms with Gasteiger partial charge in [-0.2, -0.15) is 0 Å². The normalized spacial score (nSPS) is 14.6. The number of fused-ring (bicyclic) bond motifs is 2. The molecule has 1 aliphatic heterocycles. The Morgan fingerprint density at radius 2 is 2.14 bits per heavy atom. The van der Waals surface area contributed by atoms with E-state index >= 15 is 0 Å². The lowest BCUT2D eigenvalue weighted by atomic mass is 10.1. The van der Waals surface area contributed by atoms with E-state index in [4.69, 9.17) is 15.6 Å². The summed E-state index contributed by atoms with van der Waals surface area (Å²) < 4.78 is 6.72. The average Bonchev–Trinajstić information content (AvgIpc) is 2.99. The van der Waals surface area contributed by atoms with Crippen molar-refractivity contribution in [2.75, 3.05) is 19.8 Å². The molecule has 0 aliphatic carbocycles. The molecule has 4 N–H and O–H groups in total. The number of nitrogens with two attached hydrogens (primary N) is 1. The quantitative estimate of drug-likeness (QED) is 0.597. The third-order valence-corrected chi connectivity index (χ3v) is 5.57. The van der Waals surface area contributed by atoms with Crippen LogP contribution in [0.3, 0.4) is 0 Å². The van der Waals surface area contributed by atoms with E-state index in [1.165, 1.54) is 16.2 Å². The molecule has 3 aromatic rings. The summed E-state index contributed by atoms with van der Waals surface area (Å²) in [4.78, 5) is 18.5. The Labute approximate surface area is 171 Å². The summed E-state index contributed by atoms with van der Waals surface area (Å²) in [6.07, 6.45) is 0. The summed E-state index contributed by atoms with van der Waals surface area (Å²) in [6, 6.07) is 10.4. The van der Waals surface area contributed by atoms with Crippen LogP contribution >= 0.6 is 23.7 Å². The van der Waals surface area contributed by atoms with E-state index in [1.54, 1.807) is 6.07 Å². The van der Waals surface area contributed by atoms with E-state index in [0.717, 1.165) is 20.8 Å². The first-order valence-electron chi connectivity index (χ1n) is 8.56. The predicted molar refractivity (Wildman–Crippen MR) is 110 cm³/mol. The fraction of sp³-hybridized carbons (Fsp3) is 0.263. The molecule has 7 nitrogen and oxygen atoms in total. The van der Waals surface area contributed by atoms with Crippen molar-refractivity contribution in [3.8, 4) is 22.1 Å². The molecule has 1 atom stereocenters. The number of aromatic nitrogens is 1. The first-order chi connectivity index (χ1) is 13.1. The van der Waals surface area contributed by atoms with Crippen molar-refractivity contribution in [3.63, 3.8) is 0 Å². The lowest BCUT2D eigenvalue weighted by Crippen LogP contribution is -2.46. The summed E-state index contributed by atoms with van der Waals surface area (Å²) in [5, 5.41) is 20.4. The number of carbonyl (C=O) groups excluding carboxylic acids is 1. The zero-order valence-corrected chi connectivity index (χ0v) is 16.5. The number of aliphatic hydroxyl groups excluding tert-OH is 1. The number of phenolic OH excluding ortho intramolecular Hbond substituents is 1. The maximum Gasteiger partial charge on any atom is 0.242 e.